The van der Waals surface area contributed by atoms with Crippen LogP contribution in [0.4, 0.5) is 0 Å². The highest BCUT2D eigenvalue weighted by atomic mass is 16.5. The fraction of sp³-hybridized carbons (Fsp3) is 0.381. The molecule has 4 nitrogen and oxygen atoms in total. The van der Waals surface area contributed by atoms with Gasteiger partial charge in [-0.2, -0.15) is 0 Å². The first-order chi connectivity index (χ1) is 12.3. The van der Waals surface area contributed by atoms with Gasteiger partial charge in [-0.05, 0) is 11.1 Å². The summed E-state index contributed by atoms with van der Waals surface area (Å²) in [7, 11) is 0. The van der Waals surface area contributed by atoms with Gasteiger partial charge in [-0.25, -0.2) is 0 Å². The summed E-state index contributed by atoms with van der Waals surface area (Å²) >= 11 is 0. The van der Waals surface area contributed by atoms with Crippen LogP contribution in [0, 0.1) is 5.92 Å². The number of ether oxygens (including phenoxy) is 1. The van der Waals surface area contributed by atoms with E-state index < -0.39 is 0 Å². The third kappa shape index (κ3) is 4.68. The lowest BCUT2D eigenvalue weighted by Crippen LogP contribution is -2.37. The maximum atomic E-state index is 13.0. The summed E-state index contributed by atoms with van der Waals surface area (Å²) in [6, 6.07) is 20.3. The van der Waals surface area contributed by atoms with Crippen LogP contribution in [0.1, 0.15) is 23.5 Å². The number of aliphatic hydroxyl groups is 1. The number of carbonyl (C=O) groups excluding carboxylic acids is 1. The van der Waals surface area contributed by atoms with Crippen molar-refractivity contribution in [2.75, 3.05) is 32.9 Å². The third-order valence-electron chi connectivity index (χ3n) is 4.73. The lowest BCUT2D eigenvalue weighted by atomic mass is 9.88. The molecule has 1 amide bonds. The molecule has 1 aliphatic heterocycles. The Kier molecular flexibility index (Phi) is 6.20. The first-order valence-electron chi connectivity index (χ1n) is 8.84. The van der Waals surface area contributed by atoms with Crippen molar-refractivity contribution in [2.45, 2.75) is 12.3 Å². The van der Waals surface area contributed by atoms with Crippen LogP contribution >= 0.6 is 0 Å². The molecule has 1 N–H and O–H groups in total. The molecule has 2 aromatic rings. The molecule has 0 aliphatic carbocycles. The van der Waals surface area contributed by atoms with E-state index in [0.717, 1.165) is 11.1 Å². The number of hydrogen-bond acceptors (Lipinski definition) is 3. The average Bonchev–Trinajstić information content (AvgIpc) is 2.93. The van der Waals surface area contributed by atoms with E-state index in [1.807, 2.05) is 41.3 Å². The van der Waals surface area contributed by atoms with Gasteiger partial charge in [-0.1, -0.05) is 60.7 Å². The van der Waals surface area contributed by atoms with Crippen LogP contribution in [0.15, 0.2) is 60.7 Å². The summed E-state index contributed by atoms with van der Waals surface area (Å²) in [5, 5.41) is 9.44. The normalized spacial score (nSPS) is 18.2. The van der Waals surface area contributed by atoms with Gasteiger partial charge in [-0.3, -0.25) is 4.79 Å². The fourth-order valence-electron chi connectivity index (χ4n) is 3.32. The molecule has 0 aromatic heterocycles. The van der Waals surface area contributed by atoms with Crippen LogP contribution in [-0.2, 0) is 9.53 Å². The van der Waals surface area contributed by atoms with Crippen LogP contribution in [0.2, 0.25) is 0 Å². The number of rotatable bonds is 5. The van der Waals surface area contributed by atoms with Crippen LogP contribution in [-0.4, -0.2) is 48.8 Å². The highest BCUT2D eigenvalue weighted by molar-refractivity contribution is 5.78. The molecule has 0 saturated carbocycles. The van der Waals surface area contributed by atoms with E-state index in [-0.39, 0.29) is 24.3 Å². The van der Waals surface area contributed by atoms with E-state index in [4.69, 9.17) is 4.74 Å². The Labute approximate surface area is 149 Å². The molecule has 2 aromatic carbocycles. The predicted molar refractivity (Wildman–Crippen MR) is 97.3 cm³/mol. The van der Waals surface area contributed by atoms with Crippen LogP contribution < -0.4 is 0 Å². The van der Waals surface area contributed by atoms with E-state index >= 15 is 0 Å². The number of amides is 1. The second kappa shape index (κ2) is 8.79. The minimum absolute atomic E-state index is 0.00153. The van der Waals surface area contributed by atoms with Gasteiger partial charge in [0.2, 0.25) is 5.91 Å². The summed E-state index contributed by atoms with van der Waals surface area (Å²) in [5.74, 6) is 0.145. The van der Waals surface area contributed by atoms with E-state index in [1.54, 1.807) is 0 Å². The molecule has 1 heterocycles. The molecule has 4 heteroatoms. The number of benzene rings is 2. The zero-order chi connectivity index (χ0) is 17.5. The van der Waals surface area contributed by atoms with Crippen molar-refractivity contribution in [3.05, 3.63) is 71.8 Å². The van der Waals surface area contributed by atoms with Crippen LogP contribution in [0.25, 0.3) is 0 Å². The topological polar surface area (TPSA) is 49.8 Å². The van der Waals surface area contributed by atoms with Gasteiger partial charge in [0, 0.05) is 38.0 Å². The van der Waals surface area contributed by atoms with Crippen LogP contribution in [0.5, 0.6) is 0 Å². The van der Waals surface area contributed by atoms with Crippen molar-refractivity contribution >= 4 is 5.91 Å². The molecular formula is C21H25NO3. The van der Waals surface area contributed by atoms with Crippen molar-refractivity contribution in [1.29, 1.82) is 0 Å². The summed E-state index contributed by atoms with van der Waals surface area (Å²) in [6.45, 7) is 2.24. The third-order valence-corrected chi connectivity index (χ3v) is 4.73. The molecule has 1 aliphatic rings. The van der Waals surface area contributed by atoms with Gasteiger partial charge in [0.15, 0.2) is 0 Å². The van der Waals surface area contributed by atoms with Crippen LogP contribution in [0.3, 0.4) is 0 Å². The quantitative estimate of drug-likeness (QED) is 0.911. The largest absolute Gasteiger partial charge is 0.396 e. The minimum Gasteiger partial charge on any atom is -0.396 e. The second-order valence-corrected chi connectivity index (χ2v) is 6.54. The van der Waals surface area contributed by atoms with Crippen molar-refractivity contribution in [3.63, 3.8) is 0 Å². The Bertz CT molecular complexity index is 620. The Morgan fingerprint density at radius 1 is 1.08 bits per heavy atom. The molecule has 1 saturated heterocycles. The first-order valence-corrected chi connectivity index (χ1v) is 8.84. The molecule has 3 rings (SSSR count). The minimum atomic E-state index is -0.00153. The number of hydrogen-bond donors (Lipinski definition) is 1. The molecule has 25 heavy (non-hydrogen) atoms. The lowest BCUT2D eigenvalue weighted by Gasteiger charge is -2.26. The molecule has 1 fully saturated rings. The highest BCUT2D eigenvalue weighted by Crippen LogP contribution is 2.28. The second-order valence-electron chi connectivity index (χ2n) is 6.54. The molecule has 0 radical (unpaired) electrons. The maximum Gasteiger partial charge on any atom is 0.223 e. The zero-order valence-electron chi connectivity index (χ0n) is 14.4. The van der Waals surface area contributed by atoms with Gasteiger partial charge in [-0.15, -0.1) is 0 Å². The molecule has 0 spiro atoms. The van der Waals surface area contributed by atoms with Crippen molar-refractivity contribution < 1.29 is 14.6 Å². The average molecular weight is 339 g/mol. The van der Waals surface area contributed by atoms with Crippen molar-refractivity contribution in [3.8, 4) is 0 Å². The van der Waals surface area contributed by atoms with Gasteiger partial charge in [0.25, 0.3) is 0 Å². The van der Waals surface area contributed by atoms with E-state index in [9.17, 15) is 9.90 Å². The molecule has 1 atom stereocenters. The van der Waals surface area contributed by atoms with E-state index in [1.165, 1.54) is 0 Å². The van der Waals surface area contributed by atoms with Crippen molar-refractivity contribution in [2.24, 2.45) is 5.92 Å². The first kappa shape index (κ1) is 17.6. The molecule has 1 unspecified atom stereocenters. The lowest BCUT2D eigenvalue weighted by molar-refractivity contribution is -0.131. The summed E-state index contributed by atoms with van der Waals surface area (Å²) < 4.78 is 5.50. The van der Waals surface area contributed by atoms with Gasteiger partial charge in [0.05, 0.1) is 13.2 Å². The number of nitrogens with zero attached hydrogens (tertiary/aromatic N) is 1. The van der Waals surface area contributed by atoms with Gasteiger partial charge in [0.1, 0.15) is 0 Å². The molecule has 0 bridgehead atoms. The Morgan fingerprint density at radius 2 is 1.68 bits per heavy atom. The smallest absolute Gasteiger partial charge is 0.223 e. The zero-order valence-corrected chi connectivity index (χ0v) is 14.4. The summed E-state index contributed by atoms with van der Waals surface area (Å²) in [6.07, 6.45) is 0.423. The van der Waals surface area contributed by atoms with E-state index in [0.29, 0.717) is 32.7 Å². The predicted octanol–water partition coefficient (Wildman–Crippen LogP) is 2.68. The van der Waals surface area contributed by atoms with Crippen molar-refractivity contribution in [1.82, 2.24) is 4.90 Å². The SMILES string of the molecule is O=C(CC(c1ccccc1)c1ccccc1)N1CCOCC(CO)C1. The standard InChI is InChI=1S/C21H25NO3/c23-15-17-14-22(11-12-25-16-17)21(24)13-20(18-7-3-1-4-8-18)19-9-5-2-6-10-19/h1-10,17,20,23H,11-16H2. The highest BCUT2D eigenvalue weighted by Gasteiger charge is 2.25. The Balaban J connectivity index is 1.79. The summed E-state index contributed by atoms with van der Waals surface area (Å²) in [4.78, 5) is 14.8. The molecular weight excluding hydrogens is 314 g/mol. The monoisotopic (exact) mass is 339 g/mol. The van der Waals surface area contributed by atoms with Gasteiger partial charge < -0.3 is 14.7 Å². The Hall–Kier alpha value is -2.17. The maximum absolute atomic E-state index is 13.0. The Morgan fingerprint density at radius 3 is 2.24 bits per heavy atom. The van der Waals surface area contributed by atoms with Gasteiger partial charge >= 0.3 is 0 Å². The fourth-order valence-corrected chi connectivity index (χ4v) is 3.32. The summed E-state index contributed by atoms with van der Waals surface area (Å²) in [5.41, 5.74) is 2.29. The molecule has 132 valence electrons. The number of carbonyl (C=O) groups is 1. The number of aliphatic hydroxyl groups excluding tert-OH is 1. The van der Waals surface area contributed by atoms with E-state index in [2.05, 4.69) is 24.3 Å².